The third kappa shape index (κ3) is 2.63. The third-order valence-electron chi connectivity index (χ3n) is 4.04. The normalized spacial score (nSPS) is 23.3. The molecule has 0 saturated carbocycles. The van der Waals surface area contributed by atoms with Crippen molar-refractivity contribution in [2.75, 3.05) is 13.1 Å². The summed E-state index contributed by atoms with van der Waals surface area (Å²) < 4.78 is 2.14. The van der Waals surface area contributed by atoms with Gasteiger partial charge in [0.2, 0.25) is 5.91 Å². The van der Waals surface area contributed by atoms with Gasteiger partial charge in [-0.15, -0.1) is 10.2 Å². The Labute approximate surface area is 113 Å². The summed E-state index contributed by atoms with van der Waals surface area (Å²) in [4.78, 5) is 12.0. The second kappa shape index (κ2) is 5.28. The maximum atomic E-state index is 12.0. The van der Waals surface area contributed by atoms with Gasteiger partial charge in [0.1, 0.15) is 5.82 Å². The van der Waals surface area contributed by atoms with Crippen LogP contribution in [0.5, 0.6) is 0 Å². The predicted molar refractivity (Wildman–Crippen MR) is 70.5 cm³/mol. The molecule has 3 rings (SSSR count). The number of nitrogens with zero attached hydrogens (tertiary/aromatic N) is 3. The van der Waals surface area contributed by atoms with Gasteiger partial charge < -0.3 is 15.2 Å². The molecule has 0 bridgehead atoms. The first kappa shape index (κ1) is 12.6. The molecule has 104 valence electrons. The fourth-order valence-corrected chi connectivity index (χ4v) is 3.01. The Kier molecular flexibility index (Phi) is 3.50. The molecule has 0 radical (unpaired) electrons. The zero-order chi connectivity index (χ0) is 13.2. The highest BCUT2D eigenvalue weighted by Crippen LogP contribution is 2.19. The minimum absolute atomic E-state index is 0.0544. The predicted octanol–water partition coefficient (Wildman–Crippen LogP) is 0.401. The van der Waals surface area contributed by atoms with Crippen LogP contribution in [0.1, 0.15) is 43.9 Å². The smallest absolute Gasteiger partial charge is 0.220 e. The van der Waals surface area contributed by atoms with Crippen molar-refractivity contribution in [2.45, 2.75) is 45.2 Å². The fraction of sp³-hybridized carbons (Fsp3) is 0.769. The summed E-state index contributed by atoms with van der Waals surface area (Å²) >= 11 is 0. The average molecular weight is 263 g/mol. The Morgan fingerprint density at radius 2 is 2.47 bits per heavy atom. The molecule has 1 fully saturated rings. The fourth-order valence-electron chi connectivity index (χ4n) is 3.01. The van der Waals surface area contributed by atoms with Crippen molar-refractivity contribution in [3.8, 4) is 0 Å². The van der Waals surface area contributed by atoms with Gasteiger partial charge in [-0.2, -0.15) is 0 Å². The summed E-state index contributed by atoms with van der Waals surface area (Å²) in [5, 5.41) is 14.7. The van der Waals surface area contributed by atoms with Gasteiger partial charge in [0.15, 0.2) is 5.82 Å². The molecule has 6 heteroatoms. The number of hydrogen-bond donors (Lipinski definition) is 2. The van der Waals surface area contributed by atoms with Gasteiger partial charge >= 0.3 is 0 Å². The molecule has 19 heavy (non-hydrogen) atoms. The zero-order valence-corrected chi connectivity index (χ0v) is 11.4. The number of fused-ring (bicyclic) bond motifs is 1. The van der Waals surface area contributed by atoms with Gasteiger partial charge in [-0.25, -0.2) is 0 Å². The van der Waals surface area contributed by atoms with E-state index in [1.807, 2.05) is 6.92 Å². The molecule has 3 heterocycles. The lowest BCUT2D eigenvalue weighted by atomic mass is 10.0. The highest BCUT2D eigenvalue weighted by Gasteiger charge is 2.24. The van der Waals surface area contributed by atoms with E-state index in [1.165, 1.54) is 0 Å². The summed E-state index contributed by atoms with van der Waals surface area (Å²) in [7, 11) is 0. The van der Waals surface area contributed by atoms with Crippen molar-refractivity contribution >= 4 is 5.91 Å². The Bertz CT molecular complexity index is 464. The van der Waals surface area contributed by atoms with Crippen molar-refractivity contribution in [3.63, 3.8) is 0 Å². The van der Waals surface area contributed by atoms with Gasteiger partial charge in [0, 0.05) is 19.4 Å². The van der Waals surface area contributed by atoms with E-state index in [-0.39, 0.29) is 11.9 Å². The molecule has 1 amide bonds. The monoisotopic (exact) mass is 263 g/mol. The van der Waals surface area contributed by atoms with Gasteiger partial charge in [0.05, 0.1) is 6.04 Å². The minimum Gasteiger partial charge on any atom is -0.346 e. The summed E-state index contributed by atoms with van der Waals surface area (Å²) in [5.41, 5.74) is 0. The molecule has 2 aliphatic rings. The maximum Gasteiger partial charge on any atom is 0.220 e. The Hall–Kier alpha value is -1.43. The van der Waals surface area contributed by atoms with Gasteiger partial charge in [-0.1, -0.05) is 0 Å². The van der Waals surface area contributed by atoms with Crippen LogP contribution in [0.15, 0.2) is 0 Å². The largest absolute Gasteiger partial charge is 0.346 e. The van der Waals surface area contributed by atoms with E-state index in [2.05, 4.69) is 25.4 Å². The molecule has 1 aromatic rings. The quantitative estimate of drug-likeness (QED) is 0.825. The van der Waals surface area contributed by atoms with Crippen molar-refractivity contribution in [3.05, 3.63) is 11.6 Å². The van der Waals surface area contributed by atoms with Crippen LogP contribution in [0.3, 0.4) is 0 Å². The van der Waals surface area contributed by atoms with Gasteiger partial charge in [-0.05, 0) is 38.8 Å². The molecular weight excluding hydrogens is 242 g/mol. The number of hydrogen-bond acceptors (Lipinski definition) is 4. The second-order valence-corrected chi connectivity index (χ2v) is 5.58. The molecule has 1 saturated heterocycles. The highest BCUT2D eigenvalue weighted by atomic mass is 16.1. The van der Waals surface area contributed by atoms with Crippen molar-refractivity contribution in [1.82, 2.24) is 25.4 Å². The van der Waals surface area contributed by atoms with E-state index in [1.54, 1.807) is 0 Å². The van der Waals surface area contributed by atoms with Crippen LogP contribution >= 0.6 is 0 Å². The molecule has 2 unspecified atom stereocenters. The van der Waals surface area contributed by atoms with Crippen molar-refractivity contribution in [2.24, 2.45) is 5.92 Å². The van der Waals surface area contributed by atoms with Crippen LogP contribution in [-0.2, 0) is 17.8 Å². The lowest BCUT2D eigenvalue weighted by Crippen LogP contribution is -2.30. The van der Waals surface area contributed by atoms with Gasteiger partial charge in [-0.3, -0.25) is 4.79 Å². The Morgan fingerprint density at radius 1 is 1.58 bits per heavy atom. The van der Waals surface area contributed by atoms with Crippen LogP contribution < -0.4 is 10.6 Å². The molecule has 0 aromatic carbocycles. The SMILES string of the molecule is CC(NC(=O)CC1CCNC1)c1nnc2n1CCC2. The van der Waals surface area contributed by atoms with Crippen molar-refractivity contribution in [1.29, 1.82) is 0 Å². The lowest BCUT2D eigenvalue weighted by Gasteiger charge is -2.15. The van der Waals surface area contributed by atoms with E-state index in [0.29, 0.717) is 12.3 Å². The number of carbonyl (C=O) groups excluding carboxylic acids is 1. The van der Waals surface area contributed by atoms with E-state index in [9.17, 15) is 4.79 Å². The summed E-state index contributed by atoms with van der Waals surface area (Å²) in [5.74, 6) is 2.55. The second-order valence-electron chi connectivity index (χ2n) is 5.58. The highest BCUT2D eigenvalue weighted by molar-refractivity contribution is 5.76. The number of aryl methyl sites for hydroxylation is 1. The molecule has 0 spiro atoms. The first-order chi connectivity index (χ1) is 9.24. The summed E-state index contributed by atoms with van der Waals surface area (Å²) in [6.45, 7) is 4.96. The average Bonchev–Trinajstić information content (AvgIpc) is 3.03. The molecular formula is C13H21N5O. The first-order valence-corrected chi connectivity index (χ1v) is 7.16. The number of carbonyl (C=O) groups is 1. The third-order valence-corrected chi connectivity index (χ3v) is 4.04. The van der Waals surface area contributed by atoms with E-state index < -0.39 is 0 Å². The lowest BCUT2D eigenvalue weighted by molar-refractivity contribution is -0.122. The topological polar surface area (TPSA) is 71.8 Å². The summed E-state index contributed by atoms with van der Waals surface area (Å²) in [6, 6.07) is -0.0544. The number of nitrogens with one attached hydrogen (secondary N) is 2. The van der Waals surface area contributed by atoms with Crippen LogP contribution in [-0.4, -0.2) is 33.8 Å². The molecule has 6 nitrogen and oxygen atoms in total. The molecule has 0 aliphatic carbocycles. The van der Waals surface area contributed by atoms with E-state index in [0.717, 1.165) is 50.5 Å². The standard InChI is InChI=1S/C13H21N5O/c1-9(13-17-16-11-3-2-6-18(11)13)15-12(19)7-10-4-5-14-8-10/h9-10,14H,2-8H2,1H3,(H,15,19). The van der Waals surface area contributed by atoms with E-state index in [4.69, 9.17) is 0 Å². The minimum atomic E-state index is -0.0544. The van der Waals surface area contributed by atoms with Crippen LogP contribution in [0.25, 0.3) is 0 Å². The molecule has 2 aliphatic heterocycles. The molecule has 2 N–H and O–H groups in total. The van der Waals surface area contributed by atoms with Crippen LogP contribution in [0.2, 0.25) is 0 Å². The van der Waals surface area contributed by atoms with Gasteiger partial charge in [0.25, 0.3) is 0 Å². The number of rotatable bonds is 4. The maximum absolute atomic E-state index is 12.0. The molecule has 2 atom stereocenters. The van der Waals surface area contributed by atoms with E-state index >= 15 is 0 Å². The number of amides is 1. The summed E-state index contributed by atoms with van der Waals surface area (Å²) in [6.07, 6.45) is 3.84. The van der Waals surface area contributed by atoms with Crippen molar-refractivity contribution < 1.29 is 4.79 Å². The Balaban J connectivity index is 1.58. The molecule has 1 aromatic heterocycles. The first-order valence-electron chi connectivity index (χ1n) is 7.16. The van der Waals surface area contributed by atoms with Crippen LogP contribution in [0, 0.1) is 5.92 Å². The number of aromatic nitrogens is 3. The Morgan fingerprint density at radius 3 is 3.26 bits per heavy atom. The van der Waals surface area contributed by atoms with Crippen LogP contribution in [0.4, 0.5) is 0 Å². The zero-order valence-electron chi connectivity index (χ0n) is 11.4.